The van der Waals surface area contributed by atoms with E-state index in [-0.39, 0.29) is 12.5 Å². The number of carbonyl (C=O) groups excluding carboxylic acids is 1. The minimum absolute atomic E-state index is 0.00973. The highest BCUT2D eigenvalue weighted by Crippen LogP contribution is 1.83. The molecule has 0 aliphatic rings. The number of nitrogens with zero attached hydrogens (tertiary/aromatic N) is 2. The van der Waals surface area contributed by atoms with Crippen molar-refractivity contribution in [3.63, 3.8) is 0 Å². The Kier molecular flexibility index (Phi) is 10.0. The molecule has 0 spiro atoms. The SMILES string of the molecule is CCCNC(=NCC(=O)N(C)C)NCCCOC. The minimum Gasteiger partial charge on any atom is -0.385 e. The van der Waals surface area contributed by atoms with Crippen molar-refractivity contribution in [1.82, 2.24) is 15.5 Å². The summed E-state index contributed by atoms with van der Waals surface area (Å²) in [5.41, 5.74) is 0. The van der Waals surface area contributed by atoms with E-state index in [1.807, 2.05) is 0 Å². The Balaban J connectivity index is 4.11. The number of rotatable bonds is 8. The molecule has 0 heterocycles. The van der Waals surface area contributed by atoms with E-state index in [0.717, 1.165) is 25.9 Å². The predicted octanol–water partition coefficient (Wildman–Crippen LogP) is 0.0563. The van der Waals surface area contributed by atoms with Crippen LogP contribution in [0, 0.1) is 0 Å². The van der Waals surface area contributed by atoms with Crippen molar-refractivity contribution in [1.29, 1.82) is 0 Å². The van der Waals surface area contributed by atoms with Gasteiger partial charge in [0.2, 0.25) is 5.91 Å². The second-order valence-electron chi connectivity index (χ2n) is 4.15. The molecule has 0 aromatic heterocycles. The number of hydrogen-bond donors (Lipinski definition) is 2. The quantitative estimate of drug-likeness (QED) is 0.367. The second-order valence-corrected chi connectivity index (χ2v) is 4.15. The molecule has 106 valence electrons. The fourth-order valence-corrected chi connectivity index (χ4v) is 1.13. The largest absolute Gasteiger partial charge is 0.385 e. The van der Waals surface area contributed by atoms with Crippen molar-refractivity contribution in [2.24, 2.45) is 4.99 Å². The van der Waals surface area contributed by atoms with Crippen molar-refractivity contribution >= 4 is 11.9 Å². The Labute approximate surface area is 110 Å². The summed E-state index contributed by atoms with van der Waals surface area (Å²) in [6, 6.07) is 0. The molecular formula is C12H26N4O2. The van der Waals surface area contributed by atoms with E-state index in [1.54, 1.807) is 21.2 Å². The molecule has 0 rings (SSSR count). The summed E-state index contributed by atoms with van der Waals surface area (Å²) >= 11 is 0. The number of amides is 1. The summed E-state index contributed by atoms with van der Waals surface area (Å²) in [4.78, 5) is 17.2. The monoisotopic (exact) mass is 258 g/mol. The molecule has 0 saturated carbocycles. The first kappa shape index (κ1) is 16.7. The van der Waals surface area contributed by atoms with Gasteiger partial charge in [-0.25, -0.2) is 4.99 Å². The van der Waals surface area contributed by atoms with Crippen LogP contribution >= 0.6 is 0 Å². The summed E-state index contributed by atoms with van der Waals surface area (Å²) in [7, 11) is 5.13. The lowest BCUT2D eigenvalue weighted by Crippen LogP contribution is -2.39. The van der Waals surface area contributed by atoms with Gasteiger partial charge in [0.15, 0.2) is 5.96 Å². The third-order valence-electron chi connectivity index (χ3n) is 2.23. The van der Waals surface area contributed by atoms with Gasteiger partial charge < -0.3 is 20.3 Å². The number of hydrogen-bond acceptors (Lipinski definition) is 3. The van der Waals surface area contributed by atoms with Crippen LogP contribution in [0.15, 0.2) is 4.99 Å². The van der Waals surface area contributed by atoms with Crippen LogP contribution in [0.2, 0.25) is 0 Å². The Morgan fingerprint density at radius 3 is 2.50 bits per heavy atom. The Bertz CT molecular complexity index is 254. The molecule has 18 heavy (non-hydrogen) atoms. The van der Waals surface area contributed by atoms with Gasteiger partial charge in [-0.3, -0.25) is 4.79 Å². The van der Waals surface area contributed by atoms with Gasteiger partial charge in [0.1, 0.15) is 6.54 Å². The number of nitrogens with one attached hydrogen (secondary N) is 2. The van der Waals surface area contributed by atoms with Gasteiger partial charge in [0.05, 0.1) is 0 Å². The standard InChI is InChI=1S/C12H26N4O2/c1-5-7-13-12(14-8-6-9-18-4)15-10-11(17)16(2)3/h5-10H2,1-4H3,(H2,13,14,15). The van der Waals surface area contributed by atoms with Gasteiger partial charge in [0, 0.05) is 40.9 Å². The van der Waals surface area contributed by atoms with Crippen molar-refractivity contribution in [3.05, 3.63) is 0 Å². The zero-order valence-electron chi connectivity index (χ0n) is 12.0. The van der Waals surface area contributed by atoms with Gasteiger partial charge in [-0.2, -0.15) is 0 Å². The van der Waals surface area contributed by atoms with E-state index < -0.39 is 0 Å². The number of carbonyl (C=O) groups is 1. The Morgan fingerprint density at radius 1 is 1.28 bits per heavy atom. The zero-order chi connectivity index (χ0) is 13.8. The topological polar surface area (TPSA) is 66.0 Å². The first-order valence-corrected chi connectivity index (χ1v) is 6.33. The van der Waals surface area contributed by atoms with Crippen LogP contribution in [0.25, 0.3) is 0 Å². The van der Waals surface area contributed by atoms with E-state index in [1.165, 1.54) is 4.90 Å². The molecule has 0 aromatic rings. The first-order valence-electron chi connectivity index (χ1n) is 6.33. The summed E-state index contributed by atoms with van der Waals surface area (Å²) in [5, 5.41) is 6.34. The van der Waals surface area contributed by atoms with Gasteiger partial charge >= 0.3 is 0 Å². The van der Waals surface area contributed by atoms with Crippen LogP contribution < -0.4 is 10.6 Å². The van der Waals surface area contributed by atoms with Crippen LogP contribution in [-0.4, -0.2) is 64.2 Å². The summed E-state index contributed by atoms with van der Waals surface area (Å²) in [6.07, 6.45) is 1.92. The van der Waals surface area contributed by atoms with Crippen LogP contribution in [-0.2, 0) is 9.53 Å². The molecular weight excluding hydrogens is 232 g/mol. The van der Waals surface area contributed by atoms with E-state index in [9.17, 15) is 4.79 Å². The van der Waals surface area contributed by atoms with E-state index >= 15 is 0 Å². The lowest BCUT2D eigenvalue weighted by molar-refractivity contribution is -0.127. The molecule has 6 nitrogen and oxygen atoms in total. The number of ether oxygens (including phenoxy) is 1. The van der Waals surface area contributed by atoms with Crippen molar-refractivity contribution < 1.29 is 9.53 Å². The molecule has 0 bridgehead atoms. The van der Waals surface area contributed by atoms with Gasteiger partial charge in [-0.05, 0) is 12.8 Å². The maximum absolute atomic E-state index is 11.4. The van der Waals surface area contributed by atoms with Crippen molar-refractivity contribution in [2.75, 3.05) is 47.4 Å². The summed E-state index contributed by atoms with van der Waals surface area (Å²) < 4.78 is 4.97. The molecule has 0 aliphatic carbocycles. The first-order chi connectivity index (χ1) is 8.61. The molecule has 0 radical (unpaired) electrons. The molecule has 0 atom stereocenters. The van der Waals surface area contributed by atoms with Crippen molar-refractivity contribution in [2.45, 2.75) is 19.8 Å². The number of guanidine groups is 1. The summed E-state index contributed by atoms with van der Waals surface area (Å²) in [5.74, 6) is 0.674. The highest BCUT2D eigenvalue weighted by atomic mass is 16.5. The number of likely N-dealkylation sites (N-methyl/N-ethyl adjacent to an activating group) is 1. The maximum atomic E-state index is 11.4. The van der Waals surface area contributed by atoms with E-state index in [2.05, 4.69) is 22.5 Å². The van der Waals surface area contributed by atoms with Crippen LogP contribution in [0.1, 0.15) is 19.8 Å². The average Bonchev–Trinajstić information content (AvgIpc) is 2.36. The number of methoxy groups -OCH3 is 1. The Hall–Kier alpha value is -1.30. The van der Waals surface area contributed by atoms with E-state index in [0.29, 0.717) is 12.6 Å². The molecule has 0 aliphatic heterocycles. The predicted molar refractivity (Wildman–Crippen MR) is 73.8 cm³/mol. The van der Waals surface area contributed by atoms with Crippen LogP contribution in [0.3, 0.4) is 0 Å². The molecule has 0 aromatic carbocycles. The lowest BCUT2D eigenvalue weighted by atomic mass is 10.4. The molecule has 1 amide bonds. The van der Waals surface area contributed by atoms with Crippen molar-refractivity contribution in [3.8, 4) is 0 Å². The van der Waals surface area contributed by atoms with Crippen LogP contribution in [0.4, 0.5) is 0 Å². The zero-order valence-corrected chi connectivity index (χ0v) is 12.0. The van der Waals surface area contributed by atoms with Gasteiger partial charge in [0.25, 0.3) is 0 Å². The third kappa shape index (κ3) is 8.81. The number of aliphatic imine (C=N–C) groups is 1. The van der Waals surface area contributed by atoms with Gasteiger partial charge in [-0.15, -0.1) is 0 Å². The smallest absolute Gasteiger partial charge is 0.243 e. The maximum Gasteiger partial charge on any atom is 0.243 e. The molecule has 6 heteroatoms. The lowest BCUT2D eigenvalue weighted by Gasteiger charge is -2.13. The van der Waals surface area contributed by atoms with Crippen LogP contribution in [0.5, 0.6) is 0 Å². The highest BCUT2D eigenvalue weighted by Gasteiger charge is 2.03. The fourth-order valence-electron chi connectivity index (χ4n) is 1.13. The van der Waals surface area contributed by atoms with E-state index in [4.69, 9.17) is 4.74 Å². The Morgan fingerprint density at radius 2 is 1.94 bits per heavy atom. The second kappa shape index (κ2) is 10.8. The average molecular weight is 258 g/mol. The fraction of sp³-hybridized carbons (Fsp3) is 0.833. The molecule has 0 unspecified atom stereocenters. The third-order valence-corrected chi connectivity index (χ3v) is 2.23. The molecule has 2 N–H and O–H groups in total. The normalized spacial score (nSPS) is 11.2. The molecule has 0 fully saturated rings. The molecule has 0 saturated heterocycles. The highest BCUT2D eigenvalue weighted by molar-refractivity contribution is 5.84. The minimum atomic E-state index is -0.00973. The summed E-state index contributed by atoms with van der Waals surface area (Å²) in [6.45, 7) is 4.58. The van der Waals surface area contributed by atoms with Gasteiger partial charge in [-0.1, -0.05) is 6.92 Å².